The molecule has 0 saturated heterocycles. The van der Waals surface area contributed by atoms with Crippen molar-refractivity contribution < 1.29 is 4.74 Å². The van der Waals surface area contributed by atoms with Crippen molar-refractivity contribution in [3.8, 4) is 0 Å². The molecule has 1 rings (SSSR count). The summed E-state index contributed by atoms with van der Waals surface area (Å²) in [6.07, 6.45) is 3.72. The Bertz CT molecular complexity index is 293. The van der Waals surface area contributed by atoms with Crippen molar-refractivity contribution in [2.24, 2.45) is 0 Å². The zero-order valence-corrected chi connectivity index (χ0v) is 11.1. The molecule has 0 saturated carbocycles. The lowest BCUT2D eigenvalue weighted by Gasteiger charge is -2.15. The molecule has 0 amide bonds. The van der Waals surface area contributed by atoms with Crippen LogP contribution in [0.25, 0.3) is 0 Å². The number of hydrogen-bond donors (Lipinski definition) is 1. The van der Waals surface area contributed by atoms with E-state index in [2.05, 4.69) is 29.9 Å². The highest BCUT2D eigenvalue weighted by Crippen LogP contribution is 2.08. The molecule has 15 heavy (non-hydrogen) atoms. The van der Waals surface area contributed by atoms with Gasteiger partial charge >= 0.3 is 0 Å². The predicted molar refractivity (Wildman–Crippen MR) is 65.9 cm³/mol. The largest absolute Gasteiger partial charge is 0.372 e. The SMILES string of the molecule is CNc1cn(COCC[Si](C)(C)C)cn1. The molecule has 0 spiro atoms. The Kier molecular flexibility index (Phi) is 4.35. The number of anilines is 1. The van der Waals surface area contributed by atoms with E-state index < -0.39 is 8.07 Å². The third kappa shape index (κ3) is 4.99. The Labute approximate surface area is 92.7 Å². The molecule has 1 aromatic heterocycles. The summed E-state index contributed by atoms with van der Waals surface area (Å²) in [5.74, 6) is 0.879. The predicted octanol–water partition coefficient (Wildman–Crippen LogP) is 2.24. The van der Waals surface area contributed by atoms with Gasteiger partial charge in [0, 0.05) is 27.9 Å². The molecular formula is C10H21N3OSi. The van der Waals surface area contributed by atoms with Crippen LogP contribution in [0.3, 0.4) is 0 Å². The molecule has 0 aromatic carbocycles. The Hall–Kier alpha value is -0.813. The number of nitrogens with zero attached hydrogens (tertiary/aromatic N) is 2. The van der Waals surface area contributed by atoms with Crippen LogP contribution in [0.15, 0.2) is 12.5 Å². The second-order valence-electron chi connectivity index (χ2n) is 4.87. The van der Waals surface area contributed by atoms with Crippen molar-refractivity contribution in [2.45, 2.75) is 32.4 Å². The molecule has 0 aliphatic carbocycles. The van der Waals surface area contributed by atoms with E-state index >= 15 is 0 Å². The second kappa shape index (κ2) is 5.32. The van der Waals surface area contributed by atoms with Crippen molar-refractivity contribution in [1.82, 2.24) is 9.55 Å². The van der Waals surface area contributed by atoms with Crippen LogP contribution >= 0.6 is 0 Å². The average molecular weight is 227 g/mol. The van der Waals surface area contributed by atoms with Gasteiger partial charge in [-0.2, -0.15) is 0 Å². The van der Waals surface area contributed by atoms with Gasteiger partial charge in [-0.15, -0.1) is 0 Å². The molecule has 4 nitrogen and oxygen atoms in total. The molecule has 1 aromatic rings. The molecular weight excluding hydrogens is 206 g/mol. The maximum atomic E-state index is 5.58. The lowest BCUT2D eigenvalue weighted by molar-refractivity contribution is 0.0872. The van der Waals surface area contributed by atoms with Gasteiger partial charge in [0.2, 0.25) is 0 Å². The van der Waals surface area contributed by atoms with Crippen LogP contribution in [-0.4, -0.2) is 31.3 Å². The van der Waals surface area contributed by atoms with Crippen molar-refractivity contribution in [3.63, 3.8) is 0 Å². The summed E-state index contributed by atoms with van der Waals surface area (Å²) in [7, 11) is 0.901. The van der Waals surface area contributed by atoms with E-state index in [1.54, 1.807) is 6.33 Å². The smallest absolute Gasteiger partial charge is 0.143 e. The first-order chi connectivity index (χ1) is 7.01. The average Bonchev–Trinajstić information content (AvgIpc) is 2.59. The summed E-state index contributed by atoms with van der Waals surface area (Å²) in [6.45, 7) is 8.51. The van der Waals surface area contributed by atoms with Crippen molar-refractivity contribution in [3.05, 3.63) is 12.5 Å². The number of nitrogens with one attached hydrogen (secondary N) is 1. The Balaban J connectivity index is 2.20. The molecule has 5 heteroatoms. The summed E-state index contributed by atoms with van der Waals surface area (Å²) in [4.78, 5) is 4.14. The third-order valence-corrected chi connectivity index (χ3v) is 3.83. The van der Waals surface area contributed by atoms with E-state index in [1.165, 1.54) is 6.04 Å². The lowest BCUT2D eigenvalue weighted by Crippen LogP contribution is -2.21. The summed E-state index contributed by atoms with van der Waals surface area (Å²) in [5, 5.41) is 2.98. The molecule has 0 aliphatic heterocycles. The van der Waals surface area contributed by atoms with E-state index in [0.717, 1.165) is 12.4 Å². The summed E-state index contributed by atoms with van der Waals surface area (Å²) in [5.41, 5.74) is 0. The standard InChI is InChI=1S/C10H21N3OSi/c1-11-10-7-13(8-12-10)9-14-5-6-15(2,3)4/h7-8,11H,5-6,9H2,1-4H3. The minimum Gasteiger partial charge on any atom is -0.372 e. The number of imidazole rings is 1. The van der Waals surface area contributed by atoms with Crippen LogP contribution in [0.1, 0.15) is 0 Å². The van der Waals surface area contributed by atoms with Crippen molar-refractivity contribution >= 4 is 13.9 Å². The van der Waals surface area contributed by atoms with E-state index in [-0.39, 0.29) is 0 Å². The molecule has 0 fully saturated rings. The molecule has 0 atom stereocenters. The molecule has 0 aliphatic rings. The van der Waals surface area contributed by atoms with Crippen molar-refractivity contribution in [1.29, 1.82) is 0 Å². The first-order valence-corrected chi connectivity index (χ1v) is 8.99. The van der Waals surface area contributed by atoms with Crippen LogP contribution in [0, 0.1) is 0 Å². The zero-order chi connectivity index (χ0) is 11.3. The Morgan fingerprint density at radius 1 is 1.47 bits per heavy atom. The highest BCUT2D eigenvalue weighted by molar-refractivity contribution is 6.76. The summed E-state index contributed by atoms with van der Waals surface area (Å²) < 4.78 is 7.52. The molecule has 86 valence electrons. The summed E-state index contributed by atoms with van der Waals surface area (Å²) in [6, 6.07) is 1.21. The zero-order valence-electron chi connectivity index (χ0n) is 10.1. The fourth-order valence-electron chi connectivity index (χ4n) is 1.11. The minimum atomic E-state index is -0.959. The molecule has 1 N–H and O–H groups in total. The van der Waals surface area contributed by atoms with Crippen LogP contribution in [-0.2, 0) is 11.5 Å². The van der Waals surface area contributed by atoms with Gasteiger partial charge < -0.3 is 14.6 Å². The van der Waals surface area contributed by atoms with E-state index in [0.29, 0.717) is 6.73 Å². The van der Waals surface area contributed by atoms with Crippen LogP contribution in [0.2, 0.25) is 25.7 Å². The van der Waals surface area contributed by atoms with Crippen LogP contribution in [0.4, 0.5) is 5.82 Å². The fourth-order valence-corrected chi connectivity index (χ4v) is 1.86. The van der Waals surface area contributed by atoms with Gasteiger partial charge in [0.15, 0.2) is 0 Å². The first-order valence-electron chi connectivity index (χ1n) is 5.28. The summed E-state index contributed by atoms with van der Waals surface area (Å²) >= 11 is 0. The Morgan fingerprint density at radius 2 is 2.20 bits per heavy atom. The third-order valence-electron chi connectivity index (χ3n) is 2.13. The lowest BCUT2D eigenvalue weighted by atomic mass is 10.7. The number of aromatic nitrogens is 2. The van der Waals surface area contributed by atoms with Crippen molar-refractivity contribution in [2.75, 3.05) is 19.0 Å². The van der Waals surface area contributed by atoms with Gasteiger partial charge in [-0.25, -0.2) is 4.98 Å². The molecule has 0 bridgehead atoms. The number of hydrogen-bond acceptors (Lipinski definition) is 3. The fraction of sp³-hybridized carbons (Fsp3) is 0.700. The van der Waals surface area contributed by atoms with Crippen LogP contribution < -0.4 is 5.32 Å². The monoisotopic (exact) mass is 227 g/mol. The Morgan fingerprint density at radius 3 is 2.73 bits per heavy atom. The van der Waals surface area contributed by atoms with E-state index in [9.17, 15) is 0 Å². The first kappa shape index (κ1) is 12.3. The maximum Gasteiger partial charge on any atom is 0.143 e. The van der Waals surface area contributed by atoms with Gasteiger partial charge in [0.25, 0.3) is 0 Å². The highest BCUT2D eigenvalue weighted by atomic mass is 28.3. The number of rotatable bonds is 6. The van der Waals surface area contributed by atoms with Gasteiger partial charge in [0.1, 0.15) is 12.5 Å². The number of ether oxygens (including phenoxy) is 1. The van der Waals surface area contributed by atoms with E-state index in [4.69, 9.17) is 4.74 Å². The van der Waals surface area contributed by atoms with E-state index in [1.807, 2.05) is 17.8 Å². The van der Waals surface area contributed by atoms with Gasteiger partial charge in [-0.3, -0.25) is 0 Å². The quantitative estimate of drug-likeness (QED) is 0.598. The van der Waals surface area contributed by atoms with Gasteiger partial charge in [-0.05, 0) is 6.04 Å². The topological polar surface area (TPSA) is 39.1 Å². The molecule has 0 radical (unpaired) electrons. The molecule has 0 unspecified atom stereocenters. The second-order valence-corrected chi connectivity index (χ2v) is 10.5. The highest BCUT2D eigenvalue weighted by Gasteiger charge is 2.11. The maximum absolute atomic E-state index is 5.58. The minimum absolute atomic E-state index is 0.596. The van der Waals surface area contributed by atoms with Gasteiger partial charge in [-0.1, -0.05) is 19.6 Å². The molecule has 1 heterocycles. The van der Waals surface area contributed by atoms with Gasteiger partial charge in [0.05, 0.1) is 6.33 Å². The normalized spacial score (nSPS) is 11.7. The van der Waals surface area contributed by atoms with Crippen LogP contribution in [0.5, 0.6) is 0 Å².